The van der Waals surface area contributed by atoms with Crippen molar-refractivity contribution in [3.8, 4) is 5.75 Å². The molecule has 3 rings (SSSR count). The Hall–Kier alpha value is -2.80. The molecule has 0 saturated heterocycles. The van der Waals surface area contributed by atoms with E-state index < -0.39 is 0 Å². The van der Waals surface area contributed by atoms with Crippen molar-refractivity contribution < 1.29 is 9.53 Å². The lowest BCUT2D eigenvalue weighted by Gasteiger charge is -2.13. The normalized spacial score (nSPS) is 12.9. The third-order valence-electron chi connectivity index (χ3n) is 3.88. The molecule has 0 fully saturated rings. The van der Waals surface area contributed by atoms with Gasteiger partial charge >= 0.3 is 0 Å². The molecule has 0 unspecified atom stereocenters. The summed E-state index contributed by atoms with van der Waals surface area (Å²) < 4.78 is 5.38. The second kappa shape index (κ2) is 8.53. The number of benzene rings is 1. The zero-order chi connectivity index (χ0) is 18.4. The van der Waals surface area contributed by atoms with Gasteiger partial charge in [0.05, 0.1) is 30.9 Å². The van der Waals surface area contributed by atoms with E-state index in [2.05, 4.69) is 25.9 Å². The number of halogens is 1. The first-order valence-corrected chi connectivity index (χ1v) is 8.61. The van der Waals surface area contributed by atoms with E-state index in [4.69, 9.17) is 16.3 Å². The molecule has 8 heteroatoms. The van der Waals surface area contributed by atoms with Crippen LogP contribution >= 0.6 is 11.6 Å². The molecule has 1 aliphatic heterocycles. The van der Waals surface area contributed by atoms with E-state index in [-0.39, 0.29) is 5.91 Å². The molecule has 1 aromatic carbocycles. The number of aliphatic imine (C=N–C) groups is 1. The molecular formula is C18H20ClN5O2. The molecule has 0 saturated carbocycles. The SMILES string of the molecule is COc1ccc(C(=O)NCc2ccc(Cl)cn2)cc1CNC1=NCCN1. The molecule has 1 aliphatic rings. The molecule has 1 aromatic heterocycles. The summed E-state index contributed by atoms with van der Waals surface area (Å²) >= 11 is 5.81. The zero-order valence-electron chi connectivity index (χ0n) is 14.4. The lowest BCUT2D eigenvalue weighted by atomic mass is 10.1. The van der Waals surface area contributed by atoms with Gasteiger partial charge in [0.15, 0.2) is 5.96 Å². The summed E-state index contributed by atoms with van der Waals surface area (Å²) in [6.45, 7) is 2.44. The van der Waals surface area contributed by atoms with Gasteiger partial charge in [-0.2, -0.15) is 0 Å². The lowest BCUT2D eigenvalue weighted by molar-refractivity contribution is 0.0950. The Labute approximate surface area is 156 Å². The largest absolute Gasteiger partial charge is 0.496 e. The smallest absolute Gasteiger partial charge is 0.251 e. The first-order chi connectivity index (χ1) is 12.7. The van der Waals surface area contributed by atoms with E-state index in [1.165, 1.54) is 0 Å². The highest BCUT2D eigenvalue weighted by Gasteiger charge is 2.12. The molecule has 2 heterocycles. The topological polar surface area (TPSA) is 87.6 Å². The molecule has 0 atom stereocenters. The molecule has 0 spiro atoms. The second-order valence-corrected chi connectivity index (χ2v) is 6.12. The number of aromatic nitrogens is 1. The van der Waals surface area contributed by atoms with Gasteiger partial charge in [0.1, 0.15) is 5.75 Å². The quantitative estimate of drug-likeness (QED) is 0.717. The van der Waals surface area contributed by atoms with Crippen LogP contribution < -0.4 is 20.7 Å². The van der Waals surface area contributed by atoms with Crippen molar-refractivity contribution in [1.29, 1.82) is 0 Å². The summed E-state index contributed by atoms with van der Waals surface area (Å²) in [4.78, 5) is 20.9. The Balaban J connectivity index is 1.65. The molecule has 1 amide bonds. The molecule has 136 valence electrons. The minimum atomic E-state index is -0.179. The van der Waals surface area contributed by atoms with E-state index in [1.807, 2.05) is 6.07 Å². The first kappa shape index (κ1) is 18.0. The highest BCUT2D eigenvalue weighted by atomic mass is 35.5. The highest BCUT2D eigenvalue weighted by Crippen LogP contribution is 2.20. The van der Waals surface area contributed by atoms with Crippen molar-refractivity contribution in [3.63, 3.8) is 0 Å². The summed E-state index contributed by atoms with van der Waals surface area (Å²) in [5.41, 5.74) is 2.17. The molecule has 26 heavy (non-hydrogen) atoms. The minimum absolute atomic E-state index is 0.179. The van der Waals surface area contributed by atoms with Gasteiger partial charge in [0, 0.05) is 30.4 Å². The Bertz CT molecular complexity index is 808. The van der Waals surface area contributed by atoms with Crippen LogP contribution in [0.1, 0.15) is 21.6 Å². The molecule has 0 radical (unpaired) electrons. The van der Waals surface area contributed by atoms with E-state index in [9.17, 15) is 4.79 Å². The summed E-state index contributed by atoms with van der Waals surface area (Å²) in [6.07, 6.45) is 1.56. The standard InChI is InChI=1S/C18H20ClN5O2/c1-26-16-5-2-12(8-13(16)9-24-18-20-6-7-21-18)17(25)23-11-15-4-3-14(19)10-22-15/h2-5,8,10H,6-7,9,11H2,1H3,(H,23,25)(H2,20,21,24). The third-order valence-corrected chi connectivity index (χ3v) is 4.11. The molecular weight excluding hydrogens is 354 g/mol. The van der Waals surface area contributed by atoms with Gasteiger partial charge < -0.3 is 20.7 Å². The predicted octanol–water partition coefficient (Wildman–Crippen LogP) is 1.72. The van der Waals surface area contributed by atoms with Crippen LogP contribution in [0.2, 0.25) is 5.02 Å². The Morgan fingerprint density at radius 3 is 2.88 bits per heavy atom. The van der Waals surface area contributed by atoms with Crippen molar-refractivity contribution in [1.82, 2.24) is 20.9 Å². The van der Waals surface area contributed by atoms with Crippen LogP contribution in [-0.4, -0.2) is 37.1 Å². The van der Waals surface area contributed by atoms with Gasteiger partial charge in [0.2, 0.25) is 0 Å². The van der Waals surface area contributed by atoms with Crippen LogP contribution in [0.3, 0.4) is 0 Å². The van der Waals surface area contributed by atoms with Crippen LogP contribution in [0.25, 0.3) is 0 Å². The highest BCUT2D eigenvalue weighted by molar-refractivity contribution is 6.30. The summed E-state index contributed by atoms with van der Waals surface area (Å²) in [5.74, 6) is 1.30. The predicted molar refractivity (Wildman–Crippen MR) is 101 cm³/mol. The summed E-state index contributed by atoms with van der Waals surface area (Å²) in [6, 6.07) is 8.86. The van der Waals surface area contributed by atoms with E-state index >= 15 is 0 Å². The molecule has 2 aromatic rings. The minimum Gasteiger partial charge on any atom is -0.496 e. The van der Waals surface area contributed by atoms with Crippen LogP contribution in [0, 0.1) is 0 Å². The van der Waals surface area contributed by atoms with Crippen molar-refractivity contribution in [3.05, 3.63) is 58.4 Å². The maximum Gasteiger partial charge on any atom is 0.251 e. The number of guanidine groups is 1. The number of carbonyl (C=O) groups excluding carboxylic acids is 1. The summed E-state index contributed by atoms with van der Waals surface area (Å²) in [7, 11) is 1.61. The van der Waals surface area contributed by atoms with Crippen LogP contribution in [0.5, 0.6) is 5.75 Å². The van der Waals surface area contributed by atoms with Gasteiger partial charge in [-0.3, -0.25) is 14.8 Å². The average molecular weight is 374 g/mol. The van der Waals surface area contributed by atoms with E-state index in [0.29, 0.717) is 29.4 Å². The molecule has 7 nitrogen and oxygen atoms in total. The van der Waals surface area contributed by atoms with Gasteiger partial charge in [0.25, 0.3) is 5.91 Å². The fourth-order valence-electron chi connectivity index (χ4n) is 2.54. The van der Waals surface area contributed by atoms with Gasteiger partial charge in [-0.1, -0.05) is 11.6 Å². The molecule has 0 bridgehead atoms. The number of carbonyl (C=O) groups is 1. The number of nitrogens with zero attached hydrogens (tertiary/aromatic N) is 2. The Morgan fingerprint density at radius 2 is 2.19 bits per heavy atom. The monoisotopic (exact) mass is 373 g/mol. The Kier molecular flexibility index (Phi) is 5.91. The lowest BCUT2D eigenvalue weighted by Crippen LogP contribution is -2.33. The number of ether oxygens (including phenoxy) is 1. The van der Waals surface area contributed by atoms with Crippen molar-refractivity contribution in [2.24, 2.45) is 4.99 Å². The molecule has 0 aliphatic carbocycles. The number of nitrogens with one attached hydrogen (secondary N) is 3. The zero-order valence-corrected chi connectivity index (χ0v) is 15.1. The number of methoxy groups -OCH3 is 1. The fraction of sp³-hybridized carbons (Fsp3) is 0.278. The molecule has 3 N–H and O–H groups in total. The van der Waals surface area contributed by atoms with Crippen molar-refractivity contribution in [2.75, 3.05) is 20.2 Å². The van der Waals surface area contributed by atoms with Crippen molar-refractivity contribution in [2.45, 2.75) is 13.1 Å². The Morgan fingerprint density at radius 1 is 1.31 bits per heavy atom. The van der Waals surface area contributed by atoms with Crippen LogP contribution in [-0.2, 0) is 13.1 Å². The third kappa shape index (κ3) is 4.64. The number of pyridine rings is 1. The van der Waals surface area contributed by atoms with Gasteiger partial charge in [-0.05, 0) is 30.3 Å². The van der Waals surface area contributed by atoms with Crippen LogP contribution in [0.4, 0.5) is 0 Å². The number of hydrogen-bond acceptors (Lipinski definition) is 6. The maximum absolute atomic E-state index is 12.4. The number of amides is 1. The van der Waals surface area contributed by atoms with Gasteiger partial charge in [-0.15, -0.1) is 0 Å². The van der Waals surface area contributed by atoms with Crippen LogP contribution in [0.15, 0.2) is 41.5 Å². The number of rotatable bonds is 6. The average Bonchev–Trinajstić information content (AvgIpc) is 3.19. The summed E-state index contributed by atoms with van der Waals surface area (Å²) in [5, 5.41) is 9.77. The number of hydrogen-bond donors (Lipinski definition) is 3. The van der Waals surface area contributed by atoms with Crippen molar-refractivity contribution >= 4 is 23.5 Å². The van der Waals surface area contributed by atoms with E-state index in [0.717, 1.165) is 30.3 Å². The second-order valence-electron chi connectivity index (χ2n) is 5.69. The van der Waals surface area contributed by atoms with E-state index in [1.54, 1.807) is 37.6 Å². The van der Waals surface area contributed by atoms with Gasteiger partial charge in [-0.25, -0.2) is 0 Å². The maximum atomic E-state index is 12.4. The fourth-order valence-corrected chi connectivity index (χ4v) is 2.65. The first-order valence-electron chi connectivity index (χ1n) is 8.23.